The van der Waals surface area contributed by atoms with Gasteiger partial charge < -0.3 is 10.2 Å². The number of nitrogens with zero attached hydrogens (tertiary/aromatic N) is 3. The SMILES string of the molecule is Cc1ccc2c(c1)nnn2C1CC[NH+](CC(=O)NCc2ccccc2)CC1. The lowest BCUT2D eigenvalue weighted by Crippen LogP contribution is -3.14. The molecule has 0 aliphatic carbocycles. The van der Waals surface area contributed by atoms with Crippen LogP contribution >= 0.6 is 0 Å². The molecule has 0 bridgehead atoms. The molecule has 1 amide bonds. The molecule has 2 N–H and O–H groups in total. The van der Waals surface area contributed by atoms with Gasteiger partial charge in [0.25, 0.3) is 5.91 Å². The number of aryl methyl sites for hydroxylation is 1. The summed E-state index contributed by atoms with van der Waals surface area (Å²) in [6.45, 7) is 5.17. The first-order valence-corrected chi connectivity index (χ1v) is 9.65. The van der Waals surface area contributed by atoms with Crippen molar-refractivity contribution < 1.29 is 9.69 Å². The number of piperidine rings is 1. The molecule has 6 nitrogen and oxygen atoms in total. The van der Waals surface area contributed by atoms with Gasteiger partial charge in [0.2, 0.25) is 0 Å². The van der Waals surface area contributed by atoms with E-state index in [4.69, 9.17) is 0 Å². The van der Waals surface area contributed by atoms with Crippen molar-refractivity contribution in [2.45, 2.75) is 32.4 Å². The molecule has 0 spiro atoms. The van der Waals surface area contributed by atoms with Crippen molar-refractivity contribution in [2.24, 2.45) is 0 Å². The van der Waals surface area contributed by atoms with E-state index in [-0.39, 0.29) is 5.91 Å². The molecule has 4 rings (SSSR count). The van der Waals surface area contributed by atoms with Crippen molar-refractivity contribution in [3.63, 3.8) is 0 Å². The molecule has 1 aliphatic heterocycles. The van der Waals surface area contributed by atoms with Crippen molar-refractivity contribution in [1.29, 1.82) is 0 Å². The Morgan fingerprint density at radius 1 is 1.19 bits per heavy atom. The van der Waals surface area contributed by atoms with E-state index in [1.54, 1.807) is 0 Å². The first-order chi connectivity index (χ1) is 13.2. The lowest BCUT2D eigenvalue weighted by atomic mass is 10.0. The highest BCUT2D eigenvalue weighted by molar-refractivity contribution is 5.77. The summed E-state index contributed by atoms with van der Waals surface area (Å²) in [4.78, 5) is 13.6. The van der Waals surface area contributed by atoms with Crippen LogP contribution < -0.4 is 10.2 Å². The first-order valence-electron chi connectivity index (χ1n) is 9.65. The third-order valence-corrected chi connectivity index (χ3v) is 5.38. The molecule has 0 radical (unpaired) electrons. The van der Waals surface area contributed by atoms with E-state index < -0.39 is 0 Å². The van der Waals surface area contributed by atoms with Crippen molar-refractivity contribution in [3.05, 3.63) is 59.7 Å². The Morgan fingerprint density at radius 3 is 2.74 bits per heavy atom. The van der Waals surface area contributed by atoms with Crippen LogP contribution in [-0.2, 0) is 11.3 Å². The lowest BCUT2D eigenvalue weighted by Gasteiger charge is -2.29. The average Bonchev–Trinajstić information content (AvgIpc) is 3.11. The number of hydrogen-bond donors (Lipinski definition) is 2. The van der Waals surface area contributed by atoms with Gasteiger partial charge in [-0.05, 0) is 30.2 Å². The second-order valence-electron chi connectivity index (χ2n) is 7.45. The van der Waals surface area contributed by atoms with Crippen LogP contribution in [-0.4, -0.2) is 40.5 Å². The molecular weight excluding hydrogens is 338 g/mol. The van der Waals surface area contributed by atoms with Crippen molar-refractivity contribution in [3.8, 4) is 0 Å². The number of rotatable bonds is 5. The van der Waals surface area contributed by atoms with Crippen LogP contribution in [0.3, 0.4) is 0 Å². The first kappa shape index (κ1) is 17.7. The largest absolute Gasteiger partial charge is 0.347 e. The van der Waals surface area contributed by atoms with Crippen LogP contribution in [0.5, 0.6) is 0 Å². The zero-order valence-electron chi connectivity index (χ0n) is 15.7. The summed E-state index contributed by atoms with van der Waals surface area (Å²) in [5.41, 5.74) is 4.41. The number of amides is 1. The minimum atomic E-state index is 0.119. The number of carbonyl (C=O) groups is 1. The fraction of sp³-hybridized carbons (Fsp3) is 0.381. The van der Waals surface area contributed by atoms with Gasteiger partial charge in [-0.1, -0.05) is 41.6 Å². The van der Waals surface area contributed by atoms with Crippen molar-refractivity contribution >= 4 is 16.9 Å². The van der Waals surface area contributed by atoms with Gasteiger partial charge in [-0.3, -0.25) is 4.79 Å². The molecule has 0 saturated carbocycles. The summed E-state index contributed by atoms with van der Waals surface area (Å²) in [6, 6.07) is 16.7. The molecule has 1 saturated heterocycles. The van der Waals surface area contributed by atoms with E-state index in [9.17, 15) is 4.79 Å². The number of carbonyl (C=O) groups excluding carboxylic acids is 1. The van der Waals surface area contributed by atoms with Gasteiger partial charge >= 0.3 is 0 Å². The number of likely N-dealkylation sites (tertiary alicyclic amines) is 1. The number of hydrogen-bond acceptors (Lipinski definition) is 3. The van der Waals surface area contributed by atoms with Crippen LogP contribution in [0.4, 0.5) is 0 Å². The summed E-state index contributed by atoms with van der Waals surface area (Å²) in [5.74, 6) is 0.119. The van der Waals surface area contributed by atoms with E-state index >= 15 is 0 Å². The van der Waals surface area contributed by atoms with E-state index in [1.807, 2.05) is 30.3 Å². The maximum atomic E-state index is 12.2. The standard InChI is InChI=1S/C21H25N5O/c1-16-7-8-20-19(13-16)23-24-26(20)18-9-11-25(12-10-18)15-21(27)22-14-17-5-3-2-4-6-17/h2-8,13,18H,9-12,14-15H2,1H3,(H,22,27)/p+1. The minimum absolute atomic E-state index is 0.119. The minimum Gasteiger partial charge on any atom is -0.347 e. The van der Waals surface area contributed by atoms with Gasteiger partial charge in [0, 0.05) is 19.4 Å². The quantitative estimate of drug-likeness (QED) is 0.717. The third-order valence-electron chi connectivity index (χ3n) is 5.38. The zero-order chi connectivity index (χ0) is 18.6. The lowest BCUT2D eigenvalue weighted by molar-refractivity contribution is -0.897. The van der Waals surface area contributed by atoms with Gasteiger partial charge in [0.05, 0.1) is 24.6 Å². The van der Waals surface area contributed by atoms with E-state index in [0.29, 0.717) is 19.1 Å². The molecule has 3 aromatic rings. The zero-order valence-corrected chi connectivity index (χ0v) is 15.7. The monoisotopic (exact) mass is 364 g/mol. The van der Waals surface area contributed by atoms with Crippen LogP contribution in [0.2, 0.25) is 0 Å². The molecule has 6 heteroatoms. The Labute approximate surface area is 159 Å². The Bertz CT molecular complexity index is 913. The Balaban J connectivity index is 1.29. The molecule has 140 valence electrons. The highest BCUT2D eigenvalue weighted by Crippen LogP contribution is 2.22. The molecule has 2 aromatic carbocycles. The molecule has 0 unspecified atom stereocenters. The third kappa shape index (κ3) is 4.17. The number of quaternary nitrogens is 1. The normalized spacial score (nSPS) is 19.9. The summed E-state index contributed by atoms with van der Waals surface area (Å²) < 4.78 is 2.07. The number of fused-ring (bicyclic) bond motifs is 1. The molecule has 1 aromatic heterocycles. The van der Waals surface area contributed by atoms with Crippen LogP contribution in [0.25, 0.3) is 11.0 Å². The van der Waals surface area contributed by atoms with E-state index in [0.717, 1.165) is 42.5 Å². The predicted molar refractivity (Wildman–Crippen MR) is 104 cm³/mol. The fourth-order valence-corrected chi connectivity index (χ4v) is 3.84. The maximum Gasteiger partial charge on any atom is 0.275 e. The summed E-state index contributed by atoms with van der Waals surface area (Å²) in [7, 11) is 0. The molecule has 1 aliphatic rings. The van der Waals surface area contributed by atoms with Crippen LogP contribution in [0.15, 0.2) is 48.5 Å². The van der Waals surface area contributed by atoms with Crippen molar-refractivity contribution in [1.82, 2.24) is 20.3 Å². The number of nitrogens with one attached hydrogen (secondary N) is 2. The van der Waals surface area contributed by atoms with Gasteiger partial charge in [-0.25, -0.2) is 4.68 Å². The van der Waals surface area contributed by atoms with Gasteiger partial charge in [-0.15, -0.1) is 5.10 Å². The average molecular weight is 364 g/mol. The second kappa shape index (κ2) is 7.88. The van der Waals surface area contributed by atoms with Crippen molar-refractivity contribution in [2.75, 3.05) is 19.6 Å². The Kier molecular flexibility index (Phi) is 5.16. The summed E-state index contributed by atoms with van der Waals surface area (Å²) in [5, 5.41) is 11.7. The highest BCUT2D eigenvalue weighted by atomic mass is 16.2. The molecule has 27 heavy (non-hydrogen) atoms. The topological polar surface area (TPSA) is 64.2 Å². The maximum absolute atomic E-state index is 12.2. The van der Waals surface area contributed by atoms with Gasteiger partial charge in [-0.2, -0.15) is 0 Å². The fourth-order valence-electron chi connectivity index (χ4n) is 3.84. The molecule has 2 heterocycles. The Hall–Kier alpha value is -2.73. The van der Waals surface area contributed by atoms with Crippen LogP contribution in [0.1, 0.15) is 30.0 Å². The smallest absolute Gasteiger partial charge is 0.275 e. The van der Waals surface area contributed by atoms with Gasteiger partial charge in [0.15, 0.2) is 6.54 Å². The molecule has 1 fully saturated rings. The summed E-state index contributed by atoms with van der Waals surface area (Å²) >= 11 is 0. The number of aromatic nitrogens is 3. The van der Waals surface area contributed by atoms with Crippen LogP contribution in [0, 0.1) is 6.92 Å². The van der Waals surface area contributed by atoms with Gasteiger partial charge in [0.1, 0.15) is 5.52 Å². The molecule has 0 atom stereocenters. The predicted octanol–water partition coefficient (Wildman–Crippen LogP) is 1.28. The number of benzene rings is 2. The van der Waals surface area contributed by atoms with E-state index in [1.165, 1.54) is 10.5 Å². The molecular formula is C21H26N5O+. The highest BCUT2D eigenvalue weighted by Gasteiger charge is 2.26. The Morgan fingerprint density at radius 2 is 1.96 bits per heavy atom. The van der Waals surface area contributed by atoms with E-state index in [2.05, 4.69) is 45.4 Å². The summed E-state index contributed by atoms with van der Waals surface area (Å²) in [6.07, 6.45) is 2.04. The second-order valence-corrected chi connectivity index (χ2v) is 7.45.